The third-order valence-electron chi connectivity index (χ3n) is 1.39. The van der Waals surface area contributed by atoms with Crippen molar-refractivity contribution in [2.45, 2.75) is 13.5 Å². The van der Waals surface area contributed by atoms with Gasteiger partial charge in [-0.05, 0) is 35.1 Å². The predicted octanol–water partition coefficient (Wildman–Crippen LogP) is 1.63. The van der Waals surface area contributed by atoms with Crippen LogP contribution in [0.15, 0.2) is 6.20 Å². The highest BCUT2D eigenvalue weighted by molar-refractivity contribution is 14.1. The standard InChI is InChI=1S/C7H7FINO/c1-4-2-10-7(8)5(3-11)6(4)9/h2,11H,3H2,1H3. The zero-order valence-corrected chi connectivity index (χ0v) is 8.09. The molecule has 1 rings (SSSR count). The van der Waals surface area contributed by atoms with Gasteiger partial charge in [0.05, 0.1) is 6.61 Å². The van der Waals surface area contributed by atoms with E-state index in [0.29, 0.717) is 0 Å². The van der Waals surface area contributed by atoms with E-state index in [0.717, 1.165) is 9.13 Å². The van der Waals surface area contributed by atoms with E-state index in [2.05, 4.69) is 4.98 Å². The Labute approximate surface area is 77.6 Å². The summed E-state index contributed by atoms with van der Waals surface area (Å²) < 4.78 is 13.5. The number of aromatic nitrogens is 1. The molecule has 0 radical (unpaired) electrons. The van der Waals surface area contributed by atoms with E-state index in [1.54, 1.807) is 0 Å². The molecule has 0 fully saturated rings. The maximum absolute atomic E-state index is 12.8. The van der Waals surface area contributed by atoms with Crippen LogP contribution in [0.4, 0.5) is 4.39 Å². The third kappa shape index (κ3) is 1.67. The maximum atomic E-state index is 12.8. The Kier molecular flexibility index (Phi) is 2.78. The van der Waals surface area contributed by atoms with Crippen molar-refractivity contribution in [3.05, 3.63) is 26.8 Å². The topological polar surface area (TPSA) is 33.1 Å². The molecule has 1 heterocycles. The van der Waals surface area contributed by atoms with E-state index in [-0.39, 0.29) is 12.2 Å². The molecule has 0 aliphatic carbocycles. The molecule has 0 spiro atoms. The minimum atomic E-state index is -0.581. The van der Waals surface area contributed by atoms with E-state index in [1.165, 1.54) is 6.20 Å². The Hall–Kier alpha value is -0.230. The van der Waals surface area contributed by atoms with E-state index in [9.17, 15) is 4.39 Å². The van der Waals surface area contributed by atoms with Gasteiger partial charge < -0.3 is 5.11 Å². The molecule has 0 saturated heterocycles. The molecule has 0 atom stereocenters. The molecular weight excluding hydrogens is 260 g/mol. The quantitative estimate of drug-likeness (QED) is 0.619. The van der Waals surface area contributed by atoms with Gasteiger partial charge in [-0.15, -0.1) is 0 Å². The monoisotopic (exact) mass is 267 g/mol. The molecule has 0 aliphatic rings. The summed E-state index contributed by atoms with van der Waals surface area (Å²) in [5, 5.41) is 8.74. The van der Waals surface area contributed by atoms with Crippen molar-refractivity contribution in [1.82, 2.24) is 4.98 Å². The van der Waals surface area contributed by atoms with Gasteiger partial charge in [0.2, 0.25) is 5.95 Å². The fraction of sp³-hybridized carbons (Fsp3) is 0.286. The molecule has 1 aromatic rings. The Bertz CT molecular complexity index is 277. The number of halogens is 2. The van der Waals surface area contributed by atoms with Crippen LogP contribution in [-0.4, -0.2) is 10.1 Å². The zero-order valence-electron chi connectivity index (χ0n) is 5.93. The molecule has 1 N–H and O–H groups in total. The van der Waals surface area contributed by atoms with E-state index < -0.39 is 5.95 Å². The molecule has 60 valence electrons. The van der Waals surface area contributed by atoms with Gasteiger partial charge in [-0.3, -0.25) is 0 Å². The van der Waals surface area contributed by atoms with E-state index in [1.807, 2.05) is 29.5 Å². The smallest absolute Gasteiger partial charge is 0.219 e. The summed E-state index contributed by atoms with van der Waals surface area (Å²) in [6, 6.07) is 0. The van der Waals surface area contributed by atoms with Crippen molar-refractivity contribution in [3.63, 3.8) is 0 Å². The van der Waals surface area contributed by atoms with Gasteiger partial charge in [0, 0.05) is 15.3 Å². The number of aliphatic hydroxyl groups is 1. The van der Waals surface area contributed by atoms with Gasteiger partial charge in [-0.25, -0.2) is 4.98 Å². The molecule has 4 heteroatoms. The lowest BCUT2D eigenvalue weighted by atomic mass is 10.2. The van der Waals surface area contributed by atoms with Crippen LogP contribution in [0.25, 0.3) is 0 Å². The van der Waals surface area contributed by atoms with E-state index in [4.69, 9.17) is 5.11 Å². The van der Waals surface area contributed by atoms with Crippen LogP contribution in [0.2, 0.25) is 0 Å². The van der Waals surface area contributed by atoms with E-state index >= 15 is 0 Å². The molecule has 1 aromatic heterocycles. The van der Waals surface area contributed by atoms with Gasteiger partial charge in [0.15, 0.2) is 0 Å². The molecule has 2 nitrogen and oxygen atoms in total. The van der Waals surface area contributed by atoms with Crippen molar-refractivity contribution in [2.75, 3.05) is 0 Å². The lowest BCUT2D eigenvalue weighted by Gasteiger charge is -2.03. The Morgan fingerprint density at radius 1 is 1.73 bits per heavy atom. The van der Waals surface area contributed by atoms with Crippen LogP contribution in [0.5, 0.6) is 0 Å². The summed E-state index contributed by atoms with van der Waals surface area (Å²) in [6.07, 6.45) is 1.45. The summed E-state index contributed by atoms with van der Waals surface area (Å²) in [7, 11) is 0. The first-order valence-corrected chi connectivity index (χ1v) is 4.15. The second kappa shape index (κ2) is 3.44. The van der Waals surface area contributed by atoms with Crippen LogP contribution in [-0.2, 0) is 6.61 Å². The normalized spacial score (nSPS) is 10.2. The highest BCUT2D eigenvalue weighted by Gasteiger charge is 2.08. The predicted molar refractivity (Wildman–Crippen MR) is 47.6 cm³/mol. The van der Waals surface area contributed by atoms with Crippen molar-refractivity contribution in [1.29, 1.82) is 0 Å². The minimum Gasteiger partial charge on any atom is -0.391 e. The third-order valence-corrected chi connectivity index (χ3v) is 2.89. The molecular formula is C7H7FINO. The summed E-state index contributed by atoms with van der Waals surface area (Å²) in [6.45, 7) is 1.53. The molecule has 0 aromatic carbocycles. The summed E-state index contributed by atoms with van der Waals surface area (Å²) >= 11 is 1.99. The lowest BCUT2D eigenvalue weighted by molar-refractivity contribution is 0.272. The van der Waals surface area contributed by atoms with Gasteiger partial charge in [-0.2, -0.15) is 4.39 Å². The lowest BCUT2D eigenvalue weighted by Crippen LogP contribution is -1.99. The summed E-state index contributed by atoms with van der Waals surface area (Å²) in [5.41, 5.74) is 1.17. The molecule has 0 amide bonds. The number of nitrogens with zero attached hydrogens (tertiary/aromatic N) is 1. The largest absolute Gasteiger partial charge is 0.391 e. The Morgan fingerprint density at radius 2 is 2.36 bits per heavy atom. The van der Waals surface area contributed by atoms with Gasteiger partial charge in [0.25, 0.3) is 0 Å². The number of pyridine rings is 1. The van der Waals surface area contributed by atoms with Crippen LogP contribution in [0.3, 0.4) is 0 Å². The number of hydrogen-bond donors (Lipinski definition) is 1. The summed E-state index contributed by atoms with van der Waals surface area (Å²) in [5.74, 6) is -0.581. The maximum Gasteiger partial charge on any atom is 0.219 e. The van der Waals surface area contributed by atoms with Crippen LogP contribution in [0.1, 0.15) is 11.1 Å². The first-order valence-electron chi connectivity index (χ1n) is 3.07. The first-order chi connectivity index (χ1) is 5.16. The molecule has 0 aliphatic heterocycles. The van der Waals surface area contributed by atoms with Crippen LogP contribution in [0, 0.1) is 16.4 Å². The van der Waals surface area contributed by atoms with Crippen molar-refractivity contribution >= 4 is 22.6 Å². The second-order valence-corrected chi connectivity index (χ2v) is 3.26. The number of hydrogen-bond acceptors (Lipinski definition) is 2. The fourth-order valence-electron chi connectivity index (χ4n) is 0.751. The molecule has 11 heavy (non-hydrogen) atoms. The average Bonchev–Trinajstić information content (AvgIpc) is 1.99. The first kappa shape index (κ1) is 8.86. The van der Waals surface area contributed by atoms with Crippen molar-refractivity contribution < 1.29 is 9.50 Å². The molecule has 0 unspecified atom stereocenters. The van der Waals surface area contributed by atoms with Crippen molar-refractivity contribution in [3.8, 4) is 0 Å². The highest BCUT2D eigenvalue weighted by Crippen LogP contribution is 2.17. The second-order valence-electron chi connectivity index (χ2n) is 2.18. The number of aliphatic hydroxyl groups excluding tert-OH is 1. The van der Waals surface area contributed by atoms with Crippen molar-refractivity contribution in [2.24, 2.45) is 0 Å². The van der Waals surface area contributed by atoms with Crippen LogP contribution < -0.4 is 0 Å². The molecule has 0 saturated carbocycles. The Morgan fingerprint density at radius 3 is 2.82 bits per heavy atom. The molecule has 0 bridgehead atoms. The number of rotatable bonds is 1. The van der Waals surface area contributed by atoms with Gasteiger partial charge in [-0.1, -0.05) is 0 Å². The zero-order chi connectivity index (χ0) is 8.43. The van der Waals surface area contributed by atoms with Crippen LogP contribution >= 0.6 is 22.6 Å². The summed E-state index contributed by atoms with van der Waals surface area (Å²) in [4.78, 5) is 3.48. The van der Waals surface area contributed by atoms with Gasteiger partial charge >= 0.3 is 0 Å². The Balaban J connectivity index is 3.29. The number of aryl methyl sites for hydroxylation is 1. The van der Waals surface area contributed by atoms with Gasteiger partial charge in [0.1, 0.15) is 0 Å². The highest BCUT2D eigenvalue weighted by atomic mass is 127. The fourth-order valence-corrected chi connectivity index (χ4v) is 1.28. The average molecular weight is 267 g/mol. The minimum absolute atomic E-state index is 0.283. The SMILES string of the molecule is Cc1cnc(F)c(CO)c1I.